The number of hydrogen-bond donors (Lipinski definition) is 1. The van der Waals surface area contributed by atoms with Crippen molar-refractivity contribution in [2.75, 3.05) is 0 Å². The van der Waals surface area contributed by atoms with E-state index in [4.69, 9.17) is 5.73 Å². The van der Waals surface area contributed by atoms with Crippen molar-refractivity contribution >= 4 is 0 Å². The van der Waals surface area contributed by atoms with Crippen molar-refractivity contribution in [1.82, 2.24) is 15.2 Å². The number of nitrogens with zero attached hydrogens (tertiary/aromatic N) is 3. The molecule has 4 heteroatoms. The highest BCUT2D eigenvalue weighted by Gasteiger charge is 2.14. The average Bonchev–Trinajstić information content (AvgIpc) is 2.50. The van der Waals surface area contributed by atoms with Crippen LogP contribution in [-0.4, -0.2) is 15.2 Å². The Balaban J connectivity index is 2.41. The van der Waals surface area contributed by atoms with Gasteiger partial charge in [0.1, 0.15) is 0 Å². The van der Waals surface area contributed by atoms with E-state index in [0.717, 1.165) is 30.7 Å². The van der Waals surface area contributed by atoms with Gasteiger partial charge in [-0.15, -0.1) is 5.10 Å². The standard InChI is InChI=1S/C7H10N4/c8-4-7-9-5-2-1-3-6(5)10-11-7/h1-4,8H2. The van der Waals surface area contributed by atoms with Gasteiger partial charge in [0.05, 0.1) is 17.9 Å². The third kappa shape index (κ3) is 1.09. The molecular weight excluding hydrogens is 140 g/mol. The molecule has 0 spiro atoms. The molecule has 1 aromatic heterocycles. The van der Waals surface area contributed by atoms with E-state index in [2.05, 4.69) is 15.2 Å². The molecule has 1 heterocycles. The predicted molar refractivity (Wildman–Crippen MR) is 39.7 cm³/mol. The Morgan fingerprint density at radius 1 is 1.18 bits per heavy atom. The summed E-state index contributed by atoms with van der Waals surface area (Å²) < 4.78 is 0. The lowest BCUT2D eigenvalue weighted by atomic mass is 10.4. The van der Waals surface area contributed by atoms with Crippen LogP contribution in [0.1, 0.15) is 23.6 Å². The van der Waals surface area contributed by atoms with Gasteiger partial charge in [0.15, 0.2) is 5.82 Å². The Labute approximate surface area is 64.9 Å². The third-order valence-corrected chi connectivity index (χ3v) is 1.89. The Kier molecular flexibility index (Phi) is 1.54. The van der Waals surface area contributed by atoms with E-state index in [1.54, 1.807) is 0 Å². The van der Waals surface area contributed by atoms with Crippen molar-refractivity contribution in [3.63, 3.8) is 0 Å². The molecule has 0 aromatic carbocycles. The molecule has 0 fully saturated rings. The Morgan fingerprint density at radius 2 is 2.00 bits per heavy atom. The number of nitrogens with two attached hydrogens (primary N) is 1. The van der Waals surface area contributed by atoms with Crippen molar-refractivity contribution in [1.29, 1.82) is 0 Å². The largest absolute Gasteiger partial charge is 0.324 e. The van der Waals surface area contributed by atoms with Crippen LogP contribution in [0.3, 0.4) is 0 Å². The van der Waals surface area contributed by atoms with Gasteiger partial charge >= 0.3 is 0 Å². The van der Waals surface area contributed by atoms with E-state index in [1.165, 1.54) is 0 Å². The molecule has 1 aliphatic carbocycles. The monoisotopic (exact) mass is 150 g/mol. The van der Waals surface area contributed by atoms with Crippen LogP contribution >= 0.6 is 0 Å². The van der Waals surface area contributed by atoms with Crippen molar-refractivity contribution in [3.8, 4) is 0 Å². The van der Waals surface area contributed by atoms with Gasteiger partial charge < -0.3 is 5.73 Å². The molecule has 0 saturated heterocycles. The highest BCUT2D eigenvalue weighted by molar-refractivity contribution is 5.15. The number of fused-ring (bicyclic) bond motifs is 1. The highest BCUT2D eigenvalue weighted by Crippen LogP contribution is 2.15. The highest BCUT2D eigenvalue weighted by atomic mass is 15.2. The van der Waals surface area contributed by atoms with Crippen molar-refractivity contribution in [2.45, 2.75) is 25.8 Å². The van der Waals surface area contributed by atoms with Crippen LogP contribution in [0.4, 0.5) is 0 Å². The summed E-state index contributed by atoms with van der Waals surface area (Å²) in [5.74, 6) is 0.658. The van der Waals surface area contributed by atoms with Crippen molar-refractivity contribution in [3.05, 3.63) is 17.2 Å². The van der Waals surface area contributed by atoms with Crippen molar-refractivity contribution in [2.24, 2.45) is 5.73 Å². The second-order valence-corrected chi connectivity index (χ2v) is 2.68. The molecule has 4 nitrogen and oxygen atoms in total. The van der Waals surface area contributed by atoms with Crippen LogP contribution in [0.5, 0.6) is 0 Å². The maximum absolute atomic E-state index is 5.38. The summed E-state index contributed by atoms with van der Waals surface area (Å²) in [4.78, 5) is 4.27. The SMILES string of the molecule is NCc1nnc2c(n1)CCC2. The van der Waals surface area contributed by atoms with Crippen molar-refractivity contribution < 1.29 is 0 Å². The maximum Gasteiger partial charge on any atom is 0.164 e. The minimum atomic E-state index is 0.389. The molecule has 0 amide bonds. The second kappa shape index (κ2) is 2.54. The fourth-order valence-electron chi connectivity index (χ4n) is 1.32. The number of aromatic nitrogens is 3. The van der Waals surface area contributed by atoms with Gasteiger partial charge in [-0.1, -0.05) is 0 Å². The molecule has 1 aromatic rings. The molecule has 2 N–H and O–H groups in total. The predicted octanol–water partition coefficient (Wildman–Crippen LogP) is -0.181. The third-order valence-electron chi connectivity index (χ3n) is 1.89. The minimum absolute atomic E-state index is 0.389. The summed E-state index contributed by atoms with van der Waals surface area (Å²) in [6, 6.07) is 0. The van der Waals surface area contributed by atoms with E-state index < -0.39 is 0 Å². The van der Waals surface area contributed by atoms with Crippen LogP contribution in [0.2, 0.25) is 0 Å². The molecule has 58 valence electrons. The van der Waals surface area contributed by atoms with E-state index in [-0.39, 0.29) is 0 Å². The van der Waals surface area contributed by atoms with Gasteiger partial charge in [-0.2, -0.15) is 5.10 Å². The molecule has 0 saturated carbocycles. The lowest BCUT2D eigenvalue weighted by molar-refractivity contribution is 0.793. The van der Waals surface area contributed by atoms with Crippen LogP contribution in [0.25, 0.3) is 0 Å². The zero-order chi connectivity index (χ0) is 7.68. The van der Waals surface area contributed by atoms with Gasteiger partial charge in [0, 0.05) is 0 Å². The molecule has 0 aliphatic heterocycles. The summed E-state index contributed by atoms with van der Waals surface area (Å²) in [7, 11) is 0. The lowest BCUT2D eigenvalue weighted by Crippen LogP contribution is -2.07. The first-order valence-electron chi connectivity index (χ1n) is 3.81. The zero-order valence-corrected chi connectivity index (χ0v) is 6.25. The topological polar surface area (TPSA) is 64.7 Å². The van der Waals surface area contributed by atoms with Gasteiger partial charge in [-0.05, 0) is 19.3 Å². The fraction of sp³-hybridized carbons (Fsp3) is 0.571. The quantitative estimate of drug-likeness (QED) is 0.603. The molecule has 11 heavy (non-hydrogen) atoms. The normalized spacial score (nSPS) is 15.0. The van der Waals surface area contributed by atoms with Gasteiger partial charge in [0.25, 0.3) is 0 Å². The van der Waals surface area contributed by atoms with Crippen LogP contribution in [0, 0.1) is 0 Å². The van der Waals surface area contributed by atoms with Crippen LogP contribution in [0.15, 0.2) is 0 Å². The van der Waals surface area contributed by atoms with Gasteiger partial charge in [0.2, 0.25) is 0 Å². The van der Waals surface area contributed by atoms with Gasteiger partial charge in [-0.3, -0.25) is 0 Å². The Hall–Kier alpha value is -1.03. The Bertz CT molecular complexity index is 271. The minimum Gasteiger partial charge on any atom is -0.324 e. The van der Waals surface area contributed by atoms with Crippen LogP contribution in [-0.2, 0) is 19.4 Å². The smallest absolute Gasteiger partial charge is 0.164 e. The molecule has 0 radical (unpaired) electrons. The lowest BCUT2D eigenvalue weighted by Gasteiger charge is -1.97. The molecule has 0 bridgehead atoms. The Morgan fingerprint density at radius 3 is 2.82 bits per heavy atom. The van der Waals surface area contributed by atoms with E-state index in [0.29, 0.717) is 12.4 Å². The summed E-state index contributed by atoms with van der Waals surface area (Å²) in [6.07, 6.45) is 3.23. The molecule has 0 unspecified atom stereocenters. The molecular formula is C7H10N4. The maximum atomic E-state index is 5.38. The number of rotatable bonds is 1. The first-order valence-corrected chi connectivity index (χ1v) is 3.81. The summed E-state index contributed by atoms with van der Waals surface area (Å²) in [5, 5.41) is 7.92. The fourth-order valence-corrected chi connectivity index (χ4v) is 1.32. The molecule has 1 aliphatic rings. The average molecular weight is 150 g/mol. The summed E-state index contributed by atoms with van der Waals surface area (Å²) >= 11 is 0. The number of aryl methyl sites for hydroxylation is 2. The zero-order valence-electron chi connectivity index (χ0n) is 6.25. The van der Waals surface area contributed by atoms with Gasteiger partial charge in [-0.25, -0.2) is 4.98 Å². The summed E-state index contributed by atoms with van der Waals surface area (Å²) in [6.45, 7) is 0.389. The van der Waals surface area contributed by atoms with E-state index >= 15 is 0 Å². The first kappa shape index (κ1) is 6.67. The number of hydrogen-bond acceptors (Lipinski definition) is 4. The first-order chi connectivity index (χ1) is 5.40. The van der Waals surface area contributed by atoms with E-state index in [9.17, 15) is 0 Å². The van der Waals surface area contributed by atoms with E-state index in [1.807, 2.05) is 0 Å². The second-order valence-electron chi connectivity index (χ2n) is 2.68. The molecule has 2 rings (SSSR count). The van der Waals surface area contributed by atoms with Crippen LogP contribution < -0.4 is 5.73 Å². The molecule has 0 atom stereocenters. The summed E-state index contributed by atoms with van der Waals surface area (Å²) in [5.41, 5.74) is 7.53.